The molecule has 0 saturated heterocycles. The smallest absolute Gasteiger partial charge is 0.0837 e. The summed E-state index contributed by atoms with van der Waals surface area (Å²) < 4.78 is 1.11. The molecule has 0 bridgehead atoms. The minimum atomic E-state index is 0.665. The Bertz CT molecular complexity index is 134. The van der Waals surface area contributed by atoms with Gasteiger partial charge < -0.3 is 4.48 Å². The van der Waals surface area contributed by atoms with Crippen LogP contribution < -0.4 is 0 Å². The molecule has 0 aromatic carbocycles. The van der Waals surface area contributed by atoms with Gasteiger partial charge in [0.05, 0.1) is 27.7 Å². The van der Waals surface area contributed by atoms with E-state index in [1.54, 1.807) is 0 Å². The summed E-state index contributed by atoms with van der Waals surface area (Å²) in [4.78, 5) is 0. The summed E-state index contributed by atoms with van der Waals surface area (Å²) in [5.41, 5.74) is 0.665. The molecule has 0 aromatic rings. The number of rotatable bonds is 2. The van der Waals surface area contributed by atoms with Crippen molar-refractivity contribution in [3.63, 3.8) is 0 Å². The second-order valence-electron chi connectivity index (χ2n) is 5.21. The van der Waals surface area contributed by atoms with Gasteiger partial charge in [0.25, 0.3) is 0 Å². The van der Waals surface area contributed by atoms with E-state index in [1.807, 2.05) is 0 Å². The lowest BCUT2D eigenvalue weighted by molar-refractivity contribution is -0.875. The first-order valence-corrected chi connectivity index (χ1v) is 4.14. The van der Waals surface area contributed by atoms with E-state index in [9.17, 15) is 0 Å². The Morgan fingerprint density at radius 3 is 1.90 bits per heavy atom. The Balaban J connectivity index is 2.41. The first kappa shape index (κ1) is 8.06. The third-order valence-electron chi connectivity index (χ3n) is 2.64. The van der Waals surface area contributed by atoms with E-state index >= 15 is 0 Å². The highest BCUT2D eigenvalue weighted by Crippen LogP contribution is 2.52. The van der Waals surface area contributed by atoms with Crippen LogP contribution >= 0.6 is 0 Å². The van der Waals surface area contributed by atoms with Crippen molar-refractivity contribution in [2.45, 2.75) is 20.3 Å². The molecular formula is C9H20N+. The number of hydrogen-bond acceptors (Lipinski definition) is 0. The van der Waals surface area contributed by atoms with E-state index in [1.165, 1.54) is 13.0 Å². The molecule has 2 unspecified atom stereocenters. The average Bonchev–Trinajstić information content (AvgIpc) is 2.05. The summed E-state index contributed by atoms with van der Waals surface area (Å²) in [6, 6.07) is 0. The van der Waals surface area contributed by atoms with Crippen LogP contribution in [-0.4, -0.2) is 32.2 Å². The van der Waals surface area contributed by atoms with Gasteiger partial charge in [-0.25, -0.2) is 0 Å². The maximum Gasteiger partial charge on any atom is 0.0837 e. The predicted molar refractivity (Wildman–Crippen MR) is 44.8 cm³/mol. The van der Waals surface area contributed by atoms with Crippen molar-refractivity contribution in [3.05, 3.63) is 0 Å². The third kappa shape index (κ3) is 1.72. The normalized spacial score (nSPS) is 39.9. The van der Waals surface area contributed by atoms with Crippen molar-refractivity contribution >= 4 is 0 Å². The van der Waals surface area contributed by atoms with Gasteiger partial charge in [0.15, 0.2) is 0 Å². The minimum absolute atomic E-state index is 0.665. The highest BCUT2D eigenvalue weighted by molar-refractivity contribution is 4.95. The molecule has 1 heteroatoms. The Morgan fingerprint density at radius 1 is 1.40 bits per heavy atom. The van der Waals surface area contributed by atoms with Crippen LogP contribution in [0.4, 0.5) is 0 Å². The van der Waals surface area contributed by atoms with E-state index in [2.05, 4.69) is 35.0 Å². The summed E-state index contributed by atoms with van der Waals surface area (Å²) in [7, 11) is 6.82. The SMILES string of the molecule is CC1CC1(C)C[N+](C)(C)C. The quantitative estimate of drug-likeness (QED) is 0.515. The lowest BCUT2D eigenvalue weighted by Gasteiger charge is -2.27. The molecule has 1 rings (SSSR count). The van der Waals surface area contributed by atoms with Gasteiger partial charge in [0, 0.05) is 5.41 Å². The van der Waals surface area contributed by atoms with Crippen LogP contribution in [0.25, 0.3) is 0 Å². The second kappa shape index (κ2) is 1.97. The number of quaternary nitrogens is 1. The molecule has 1 nitrogen and oxygen atoms in total. The summed E-state index contributed by atoms with van der Waals surface area (Å²) in [5, 5.41) is 0. The van der Waals surface area contributed by atoms with Gasteiger partial charge in [0.2, 0.25) is 0 Å². The van der Waals surface area contributed by atoms with Crippen molar-refractivity contribution in [1.29, 1.82) is 0 Å². The molecule has 60 valence electrons. The number of hydrogen-bond donors (Lipinski definition) is 0. The van der Waals surface area contributed by atoms with Crippen LogP contribution in [0.3, 0.4) is 0 Å². The first-order chi connectivity index (χ1) is 4.33. The molecule has 0 N–H and O–H groups in total. The molecule has 0 spiro atoms. The van der Waals surface area contributed by atoms with Gasteiger partial charge in [-0.05, 0) is 12.3 Å². The van der Waals surface area contributed by atoms with Gasteiger partial charge in [-0.2, -0.15) is 0 Å². The standard InChI is InChI=1S/C9H20N/c1-8-6-9(8,2)7-10(3,4)5/h8H,6-7H2,1-5H3/q+1. The zero-order valence-electron chi connectivity index (χ0n) is 7.94. The third-order valence-corrected chi connectivity index (χ3v) is 2.64. The Morgan fingerprint density at radius 2 is 1.80 bits per heavy atom. The predicted octanol–water partition coefficient (Wildman–Crippen LogP) is 1.74. The molecule has 0 heterocycles. The number of nitrogens with zero attached hydrogens (tertiary/aromatic N) is 1. The zero-order chi connectivity index (χ0) is 7.99. The van der Waals surface area contributed by atoms with Crippen LogP contribution in [0.5, 0.6) is 0 Å². The largest absolute Gasteiger partial charge is 0.330 e. The van der Waals surface area contributed by atoms with Crippen LogP contribution in [-0.2, 0) is 0 Å². The highest BCUT2D eigenvalue weighted by atomic mass is 15.3. The summed E-state index contributed by atoms with van der Waals surface area (Å²) in [6.45, 7) is 6.09. The van der Waals surface area contributed by atoms with Gasteiger partial charge in [-0.1, -0.05) is 13.8 Å². The Kier molecular flexibility index (Phi) is 1.59. The summed E-state index contributed by atoms with van der Waals surface area (Å²) in [5.74, 6) is 0.963. The van der Waals surface area contributed by atoms with Crippen LogP contribution in [0.1, 0.15) is 20.3 Å². The maximum atomic E-state index is 2.40. The lowest BCUT2D eigenvalue weighted by Crippen LogP contribution is -2.39. The van der Waals surface area contributed by atoms with Crippen molar-refractivity contribution in [2.75, 3.05) is 27.7 Å². The van der Waals surface area contributed by atoms with Gasteiger partial charge in [-0.3, -0.25) is 0 Å². The van der Waals surface area contributed by atoms with Crippen molar-refractivity contribution in [2.24, 2.45) is 11.3 Å². The molecule has 1 saturated carbocycles. The van der Waals surface area contributed by atoms with Gasteiger partial charge >= 0.3 is 0 Å². The fourth-order valence-corrected chi connectivity index (χ4v) is 1.94. The average molecular weight is 142 g/mol. The molecule has 0 amide bonds. The first-order valence-electron chi connectivity index (χ1n) is 4.14. The van der Waals surface area contributed by atoms with Crippen molar-refractivity contribution < 1.29 is 4.48 Å². The fraction of sp³-hybridized carbons (Fsp3) is 1.00. The molecule has 1 fully saturated rings. The summed E-state index contributed by atoms with van der Waals surface area (Å²) >= 11 is 0. The van der Waals surface area contributed by atoms with E-state index in [0.29, 0.717) is 5.41 Å². The second-order valence-corrected chi connectivity index (χ2v) is 5.21. The van der Waals surface area contributed by atoms with Crippen molar-refractivity contribution in [3.8, 4) is 0 Å². The topological polar surface area (TPSA) is 0 Å². The molecule has 10 heavy (non-hydrogen) atoms. The van der Waals surface area contributed by atoms with Crippen LogP contribution in [0, 0.1) is 11.3 Å². The molecule has 0 radical (unpaired) electrons. The van der Waals surface area contributed by atoms with Crippen molar-refractivity contribution in [1.82, 2.24) is 0 Å². The molecule has 0 aromatic heterocycles. The minimum Gasteiger partial charge on any atom is -0.330 e. The lowest BCUT2D eigenvalue weighted by atomic mass is 10.1. The van der Waals surface area contributed by atoms with Crippen LogP contribution in [0.2, 0.25) is 0 Å². The Hall–Kier alpha value is -0.0400. The van der Waals surface area contributed by atoms with Crippen LogP contribution in [0.15, 0.2) is 0 Å². The van der Waals surface area contributed by atoms with Gasteiger partial charge in [-0.15, -0.1) is 0 Å². The molecule has 1 aliphatic carbocycles. The van der Waals surface area contributed by atoms with E-state index in [4.69, 9.17) is 0 Å². The van der Waals surface area contributed by atoms with E-state index in [-0.39, 0.29) is 0 Å². The molecular weight excluding hydrogens is 122 g/mol. The molecule has 2 atom stereocenters. The zero-order valence-corrected chi connectivity index (χ0v) is 7.94. The Labute approximate surface area is 64.6 Å². The monoisotopic (exact) mass is 142 g/mol. The highest BCUT2D eigenvalue weighted by Gasteiger charge is 2.50. The van der Waals surface area contributed by atoms with E-state index < -0.39 is 0 Å². The fourth-order valence-electron chi connectivity index (χ4n) is 1.94. The summed E-state index contributed by atoms with van der Waals surface area (Å²) in [6.07, 6.45) is 1.43. The molecule has 1 aliphatic rings. The molecule has 0 aliphatic heterocycles. The maximum absolute atomic E-state index is 2.40. The van der Waals surface area contributed by atoms with E-state index in [0.717, 1.165) is 10.4 Å². The van der Waals surface area contributed by atoms with Gasteiger partial charge in [0.1, 0.15) is 0 Å².